The van der Waals surface area contributed by atoms with Crippen molar-refractivity contribution >= 4 is 11.6 Å². The molecule has 1 aromatic carbocycles. The number of hydrogen-bond donors (Lipinski definition) is 1. The Bertz CT molecular complexity index is 624. The molecule has 0 saturated heterocycles. The van der Waals surface area contributed by atoms with Gasteiger partial charge in [0.2, 0.25) is 5.76 Å². The fourth-order valence-electron chi connectivity index (χ4n) is 1.95. The van der Waals surface area contributed by atoms with Gasteiger partial charge in [0.25, 0.3) is 5.91 Å². The maximum atomic E-state index is 12.5. The molecule has 0 spiro atoms. The topological polar surface area (TPSA) is 50.8 Å². The minimum absolute atomic E-state index is 0.188. The van der Waals surface area contributed by atoms with E-state index in [1.165, 1.54) is 12.0 Å². The van der Waals surface area contributed by atoms with Crippen molar-refractivity contribution < 1.29 is 27.4 Å². The highest BCUT2D eigenvalue weighted by molar-refractivity contribution is 5.84. The van der Waals surface area contributed by atoms with Crippen LogP contribution >= 0.6 is 0 Å². The van der Waals surface area contributed by atoms with E-state index in [0.29, 0.717) is 12.2 Å². The molecule has 0 bridgehead atoms. The summed E-state index contributed by atoms with van der Waals surface area (Å²) < 4.78 is 47.4. The number of nitrogens with one attached hydrogen (secondary N) is 1. The molecule has 0 aromatic heterocycles. The lowest BCUT2D eigenvalue weighted by atomic mass is 10.1. The highest BCUT2D eigenvalue weighted by atomic mass is 19.4. The van der Waals surface area contributed by atoms with Crippen molar-refractivity contribution in [3.05, 3.63) is 41.8 Å². The second-order valence-electron chi connectivity index (χ2n) is 5.80. The molecule has 8 heteroatoms. The summed E-state index contributed by atoms with van der Waals surface area (Å²) in [6, 6.07) is 6.80. The lowest BCUT2D eigenvalue weighted by molar-refractivity contribution is -0.139. The van der Waals surface area contributed by atoms with E-state index in [0.717, 1.165) is 11.8 Å². The molecule has 0 aliphatic carbocycles. The normalized spacial score (nSPS) is 15.1. The fourth-order valence-corrected chi connectivity index (χ4v) is 1.95. The maximum absolute atomic E-state index is 12.5. The van der Waals surface area contributed by atoms with E-state index in [1.807, 2.05) is 0 Å². The molecule has 1 aliphatic rings. The summed E-state index contributed by atoms with van der Waals surface area (Å²) >= 11 is 0. The average Bonchev–Trinajstić information content (AvgIpc) is 3.03. The standard InChI is InChI=1S/C16H19F3N2O3/c1-15(2,23-3)14(22)20-8-11-4-6-12(7-5-11)21-9-13(24-10-21)16(17,18)19/h4-7,9H,8,10H2,1-3H3,(H,20,22). The number of allylic oxidation sites excluding steroid dienone is 1. The average molecular weight is 344 g/mol. The highest BCUT2D eigenvalue weighted by Gasteiger charge is 2.39. The van der Waals surface area contributed by atoms with Crippen LogP contribution in [-0.4, -0.2) is 31.5 Å². The van der Waals surface area contributed by atoms with Gasteiger partial charge < -0.3 is 19.7 Å². The highest BCUT2D eigenvalue weighted by Crippen LogP contribution is 2.32. The van der Waals surface area contributed by atoms with Crippen molar-refractivity contribution in [1.82, 2.24) is 5.32 Å². The van der Waals surface area contributed by atoms with Gasteiger partial charge in [-0.1, -0.05) is 12.1 Å². The van der Waals surface area contributed by atoms with Crippen LogP contribution in [-0.2, 0) is 20.8 Å². The van der Waals surface area contributed by atoms with Crippen LogP contribution in [0.3, 0.4) is 0 Å². The number of hydrogen-bond acceptors (Lipinski definition) is 4. The maximum Gasteiger partial charge on any atom is 0.450 e. The zero-order valence-electron chi connectivity index (χ0n) is 13.6. The lowest BCUT2D eigenvalue weighted by Gasteiger charge is -2.21. The number of benzene rings is 1. The Morgan fingerprint density at radius 1 is 1.29 bits per heavy atom. The molecule has 0 fully saturated rings. The summed E-state index contributed by atoms with van der Waals surface area (Å²) in [5, 5.41) is 2.74. The second-order valence-corrected chi connectivity index (χ2v) is 5.80. The number of alkyl halides is 3. The van der Waals surface area contributed by atoms with E-state index < -0.39 is 17.5 Å². The summed E-state index contributed by atoms with van der Waals surface area (Å²) in [7, 11) is 1.45. The van der Waals surface area contributed by atoms with Gasteiger partial charge in [-0.2, -0.15) is 13.2 Å². The molecule has 0 atom stereocenters. The first-order chi connectivity index (χ1) is 11.1. The number of nitrogens with zero attached hydrogens (tertiary/aromatic N) is 1. The Balaban J connectivity index is 1.97. The minimum Gasteiger partial charge on any atom is -0.466 e. The van der Waals surface area contributed by atoms with E-state index in [9.17, 15) is 18.0 Å². The van der Waals surface area contributed by atoms with Crippen LogP contribution < -0.4 is 10.2 Å². The minimum atomic E-state index is -4.49. The molecule has 1 amide bonds. The molecule has 1 aromatic rings. The number of anilines is 1. The first-order valence-electron chi connectivity index (χ1n) is 7.24. The van der Waals surface area contributed by atoms with Crippen molar-refractivity contribution in [2.45, 2.75) is 32.2 Å². The summed E-state index contributed by atoms with van der Waals surface area (Å²) in [6.45, 7) is 3.42. The van der Waals surface area contributed by atoms with Crippen LogP contribution in [0, 0.1) is 0 Å². The molecule has 0 saturated carbocycles. The first-order valence-corrected chi connectivity index (χ1v) is 7.24. The molecule has 132 valence electrons. The molecule has 0 unspecified atom stereocenters. The van der Waals surface area contributed by atoms with Gasteiger partial charge in [-0.3, -0.25) is 4.79 Å². The Labute approximate surface area is 138 Å². The largest absolute Gasteiger partial charge is 0.466 e. The molecule has 1 aliphatic heterocycles. The quantitative estimate of drug-likeness (QED) is 0.892. The van der Waals surface area contributed by atoms with Crippen molar-refractivity contribution in [2.24, 2.45) is 0 Å². The van der Waals surface area contributed by atoms with E-state index in [2.05, 4.69) is 10.1 Å². The van der Waals surface area contributed by atoms with Crippen molar-refractivity contribution in [2.75, 3.05) is 18.7 Å². The van der Waals surface area contributed by atoms with Crippen LogP contribution in [0.2, 0.25) is 0 Å². The fraction of sp³-hybridized carbons (Fsp3) is 0.438. The molecule has 0 radical (unpaired) electrons. The third-order valence-corrected chi connectivity index (χ3v) is 3.69. The third-order valence-electron chi connectivity index (χ3n) is 3.69. The number of methoxy groups -OCH3 is 1. The molecular weight excluding hydrogens is 325 g/mol. The second kappa shape index (κ2) is 6.72. The summed E-state index contributed by atoms with van der Waals surface area (Å²) in [5.41, 5.74) is 0.465. The van der Waals surface area contributed by atoms with Crippen LogP contribution in [0.4, 0.5) is 18.9 Å². The monoisotopic (exact) mass is 344 g/mol. The number of ether oxygens (including phenoxy) is 2. The van der Waals surface area contributed by atoms with Crippen molar-refractivity contribution in [1.29, 1.82) is 0 Å². The lowest BCUT2D eigenvalue weighted by Crippen LogP contribution is -2.43. The van der Waals surface area contributed by atoms with E-state index in [4.69, 9.17) is 4.74 Å². The van der Waals surface area contributed by atoms with E-state index >= 15 is 0 Å². The molecule has 24 heavy (non-hydrogen) atoms. The molecule has 1 N–H and O–H groups in total. The summed E-state index contributed by atoms with van der Waals surface area (Å²) in [4.78, 5) is 13.3. The van der Waals surface area contributed by atoms with Gasteiger partial charge in [0.1, 0.15) is 5.60 Å². The van der Waals surface area contributed by atoms with Gasteiger partial charge in [0, 0.05) is 19.3 Å². The molecule has 2 rings (SSSR count). The number of carbonyl (C=O) groups is 1. The zero-order valence-corrected chi connectivity index (χ0v) is 13.6. The van der Waals surface area contributed by atoms with Gasteiger partial charge in [0.15, 0.2) is 6.73 Å². The SMILES string of the molecule is COC(C)(C)C(=O)NCc1ccc(N2C=C(C(F)(F)F)OC2)cc1. The summed E-state index contributed by atoms with van der Waals surface area (Å²) in [5.74, 6) is -1.26. The van der Waals surface area contributed by atoms with Crippen LogP contribution in [0.1, 0.15) is 19.4 Å². The Morgan fingerprint density at radius 3 is 2.42 bits per heavy atom. The third kappa shape index (κ3) is 4.19. The van der Waals surface area contributed by atoms with Gasteiger partial charge >= 0.3 is 6.18 Å². The van der Waals surface area contributed by atoms with Gasteiger partial charge in [-0.15, -0.1) is 0 Å². The van der Waals surface area contributed by atoms with Crippen molar-refractivity contribution in [3.63, 3.8) is 0 Å². The molecule has 1 heterocycles. The van der Waals surface area contributed by atoms with Crippen LogP contribution in [0.5, 0.6) is 0 Å². The zero-order chi connectivity index (χ0) is 18.0. The van der Waals surface area contributed by atoms with Crippen molar-refractivity contribution in [3.8, 4) is 0 Å². The van der Waals surface area contributed by atoms with Gasteiger partial charge in [-0.25, -0.2) is 0 Å². The Hall–Kier alpha value is -2.22. The molecule has 5 nitrogen and oxygen atoms in total. The van der Waals surface area contributed by atoms with Crippen LogP contribution in [0.25, 0.3) is 0 Å². The predicted molar refractivity (Wildman–Crippen MR) is 81.9 cm³/mol. The van der Waals surface area contributed by atoms with Gasteiger partial charge in [0.05, 0.1) is 6.20 Å². The smallest absolute Gasteiger partial charge is 0.450 e. The number of carbonyl (C=O) groups excluding carboxylic acids is 1. The number of rotatable bonds is 5. The Kier molecular flexibility index (Phi) is 5.08. The number of amides is 1. The van der Waals surface area contributed by atoms with E-state index in [1.54, 1.807) is 38.1 Å². The predicted octanol–water partition coefficient (Wildman–Crippen LogP) is 2.93. The van der Waals surface area contributed by atoms with Crippen LogP contribution in [0.15, 0.2) is 36.2 Å². The molecular formula is C16H19F3N2O3. The number of halogens is 3. The Morgan fingerprint density at radius 2 is 1.92 bits per heavy atom. The van der Waals surface area contributed by atoms with Gasteiger partial charge in [-0.05, 0) is 31.5 Å². The first kappa shape index (κ1) is 18.1. The van der Waals surface area contributed by atoms with E-state index in [-0.39, 0.29) is 12.6 Å². The summed E-state index contributed by atoms with van der Waals surface area (Å²) in [6.07, 6.45) is -3.56.